The fraction of sp³-hybridized carbons (Fsp3) is 0.769. The summed E-state index contributed by atoms with van der Waals surface area (Å²) >= 11 is 2.00. The van der Waals surface area contributed by atoms with Gasteiger partial charge in [0.15, 0.2) is 0 Å². The average molecular weight is 255 g/mol. The van der Waals surface area contributed by atoms with Crippen molar-refractivity contribution < 1.29 is 0 Å². The second kappa shape index (κ2) is 8.59. The highest BCUT2D eigenvalue weighted by atomic mass is 32.2. The molecule has 0 saturated heterocycles. The number of aromatic nitrogens is 2. The second-order valence-electron chi connectivity index (χ2n) is 4.11. The monoisotopic (exact) mass is 255 g/mol. The lowest BCUT2D eigenvalue weighted by Crippen LogP contribution is -2.19. The predicted molar refractivity (Wildman–Crippen MR) is 76.6 cm³/mol. The molecule has 0 aliphatic carbocycles. The second-order valence-corrected chi connectivity index (χ2v) is 5.50. The molecule has 1 atom stereocenters. The van der Waals surface area contributed by atoms with E-state index in [0.29, 0.717) is 6.04 Å². The van der Waals surface area contributed by atoms with Gasteiger partial charge in [-0.15, -0.1) is 0 Å². The largest absolute Gasteiger partial charge is 0.310 e. The minimum absolute atomic E-state index is 0.457. The third kappa shape index (κ3) is 5.13. The van der Waals surface area contributed by atoms with Gasteiger partial charge in [-0.05, 0) is 30.9 Å². The smallest absolute Gasteiger partial charge is 0.0537 e. The Morgan fingerprint density at radius 2 is 2.24 bits per heavy atom. The molecule has 98 valence electrons. The zero-order valence-electron chi connectivity index (χ0n) is 11.3. The van der Waals surface area contributed by atoms with E-state index in [0.717, 1.165) is 19.5 Å². The average Bonchev–Trinajstić information content (AvgIpc) is 2.80. The first-order chi connectivity index (χ1) is 8.31. The molecule has 0 aromatic carbocycles. The van der Waals surface area contributed by atoms with Gasteiger partial charge in [0.2, 0.25) is 0 Å². The summed E-state index contributed by atoms with van der Waals surface area (Å²) in [5.74, 6) is 2.44. The van der Waals surface area contributed by atoms with E-state index >= 15 is 0 Å². The first-order valence-corrected chi connectivity index (χ1v) is 7.80. The molecule has 4 heteroatoms. The van der Waals surface area contributed by atoms with Crippen molar-refractivity contribution in [3.8, 4) is 0 Å². The van der Waals surface area contributed by atoms with Crippen molar-refractivity contribution in [1.29, 1.82) is 0 Å². The standard InChI is InChI=1S/C13H25N3S/c1-4-13(14-5-2)12-10-15-16(11-12)8-7-9-17-6-3/h10-11,13-14H,4-9H2,1-3H3. The highest BCUT2D eigenvalue weighted by Gasteiger charge is 2.09. The highest BCUT2D eigenvalue weighted by molar-refractivity contribution is 7.99. The van der Waals surface area contributed by atoms with Gasteiger partial charge in [0.1, 0.15) is 0 Å². The lowest BCUT2D eigenvalue weighted by atomic mass is 10.1. The van der Waals surface area contributed by atoms with Crippen LogP contribution < -0.4 is 5.32 Å². The van der Waals surface area contributed by atoms with Gasteiger partial charge in [0.05, 0.1) is 6.20 Å². The van der Waals surface area contributed by atoms with Crippen LogP contribution >= 0.6 is 11.8 Å². The van der Waals surface area contributed by atoms with Crippen LogP contribution in [0.1, 0.15) is 45.2 Å². The molecule has 1 heterocycles. The Bertz CT molecular complexity index is 299. The van der Waals surface area contributed by atoms with E-state index in [1.807, 2.05) is 18.0 Å². The van der Waals surface area contributed by atoms with Crippen molar-refractivity contribution in [2.45, 2.75) is 46.2 Å². The van der Waals surface area contributed by atoms with E-state index in [2.05, 4.69) is 42.1 Å². The summed E-state index contributed by atoms with van der Waals surface area (Å²) in [5.41, 5.74) is 1.32. The molecule has 0 bridgehead atoms. The van der Waals surface area contributed by atoms with E-state index in [1.54, 1.807) is 0 Å². The quantitative estimate of drug-likeness (QED) is 0.688. The van der Waals surface area contributed by atoms with E-state index in [9.17, 15) is 0 Å². The van der Waals surface area contributed by atoms with Gasteiger partial charge in [-0.1, -0.05) is 20.8 Å². The molecular formula is C13H25N3S. The molecule has 1 N–H and O–H groups in total. The SMILES string of the molecule is CCNC(CC)c1cnn(CCCSCC)c1. The molecule has 0 saturated carbocycles. The Morgan fingerprint density at radius 3 is 2.88 bits per heavy atom. The molecule has 1 unspecified atom stereocenters. The number of nitrogens with zero attached hydrogens (tertiary/aromatic N) is 2. The van der Waals surface area contributed by atoms with E-state index < -0.39 is 0 Å². The molecule has 1 rings (SSSR count). The van der Waals surface area contributed by atoms with Crippen LogP contribution in [0.2, 0.25) is 0 Å². The molecular weight excluding hydrogens is 230 g/mol. The Labute approximate surface area is 109 Å². The lowest BCUT2D eigenvalue weighted by Gasteiger charge is -2.13. The molecule has 1 aromatic rings. The maximum Gasteiger partial charge on any atom is 0.0537 e. The molecule has 3 nitrogen and oxygen atoms in total. The summed E-state index contributed by atoms with van der Waals surface area (Å²) in [4.78, 5) is 0. The minimum atomic E-state index is 0.457. The Morgan fingerprint density at radius 1 is 1.41 bits per heavy atom. The zero-order valence-corrected chi connectivity index (χ0v) is 12.1. The van der Waals surface area contributed by atoms with E-state index in [1.165, 1.54) is 23.5 Å². The third-order valence-corrected chi connectivity index (χ3v) is 3.78. The molecule has 0 radical (unpaired) electrons. The molecule has 0 aliphatic heterocycles. The number of aryl methyl sites for hydroxylation is 1. The molecule has 17 heavy (non-hydrogen) atoms. The Balaban J connectivity index is 2.40. The normalized spacial score (nSPS) is 12.9. The number of thioether (sulfide) groups is 1. The summed E-state index contributed by atoms with van der Waals surface area (Å²) in [7, 11) is 0. The Kier molecular flexibility index (Phi) is 7.37. The number of hydrogen-bond acceptors (Lipinski definition) is 3. The van der Waals surface area contributed by atoms with Crippen molar-refractivity contribution in [2.75, 3.05) is 18.1 Å². The van der Waals surface area contributed by atoms with Crippen LogP contribution in [0.5, 0.6) is 0 Å². The summed E-state index contributed by atoms with van der Waals surface area (Å²) in [6.45, 7) is 8.61. The van der Waals surface area contributed by atoms with Crippen LogP contribution in [0.3, 0.4) is 0 Å². The number of nitrogens with one attached hydrogen (secondary N) is 1. The molecule has 0 amide bonds. The van der Waals surface area contributed by atoms with E-state index in [-0.39, 0.29) is 0 Å². The molecule has 1 aromatic heterocycles. The molecule has 0 fully saturated rings. The maximum absolute atomic E-state index is 4.43. The summed E-state index contributed by atoms with van der Waals surface area (Å²) in [6.07, 6.45) is 6.51. The number of hydrogen-bond donors (Lipinski definition) is 1. The Hall–Kier alpha value is -0.480. The van der Waals surface area contributed by atoms with Crippen LogP contribution in [0.15, 0.2) is 12.4 Å². The van der Waals surface area contributed by atoms with E-state index in [4.69, 9.17) is 0 Å². The number of rotatable bonds is 9. The van der Waals surface area contributed by atoms with Crippen molar-refractivity contribution in [3.05, 3.63) is 18.0 Å². The van der Waals surface area contributed by atoms with Crippen molar-refractivity contribution in [1.82, 2.24) is 15.1 Å². The highest BCUT2D eigenvalue weighted by Crippen LogP contribution is 2.15. The van der Waals surface area contributed by atoms with Gasteiger partial charge in [0.25, 0.3) is 0 Å². The van der Waals surface area contributed by atoms with Crippen LogP contribution in [0.25, 0.3) is 0 Å². The fourth-order valence-electron chi connectivity index (χ4n) is 1.90. The summed E-state index contributed by atoms with van der Waals surface area (Å²) in [5, 5.41) is 7.91. The lowest BCUT2D eigenvalue weighted by molar-refractivity contribution is 0.535. The first-order valence-electron chi connectivity index (χ1n) is 6.65. The minimum Gasteiger partial charge on any atom is -0.310 e. The summed E-state index contributed by atoms with van der Waals surface area (Å²) in [6, 6.07) is 0.457. The van der Waals surface area contributed by atoms with Gasteiger partial charge in [-0.3, -0.25) is 4.68 Å². The van der Waals surface area contributed by atoms with Gasteiger partial charge >= 0.3 is 0 Å². The summed E-state index contributed by atoms with van der Waals surface area (Å²) < 4.78 is 2.07. The van der Waals surface area contributed by atoms with Crippen molar-refractivity contribution in [2.24, 2.45) is 0 Å². The van der Waals surface area contributed by atoms with Crippen molar-refractivity contribution in [3.63, 3.8) is 0 Å². The maximum atomic E-state index is 4.43. The van der Waals surface area contributed by atoms with Gasteiger partial charge in [-0.25, -0.2) is 0 Å². The predicted octanol–water partition coefficient (Wildman–Crippen LogP) is 3.09. The van der Waals surface area contributed by atoms with Crippen LogP contribution in [0.4, 0.5) is 0 Å². The van der Waals surface area contributed by atoms with Gasteiger partial charge < -0.3 is 5.32 Å². The molecule has 0 spiro atoms. The van der Waals surface area contributed by atoms with Gasteiger partial charge in [0, 0.05) is 24.3 Å². The van der Waals surface area contributed by atoms with Crippen LogP contribution in [0, 0.1) is 0 Å². The van der Waals surface area contributed by atoms with Crippen LogP contribution in [-0.4, -0.2) is 27.8 Å². The first kappa shape index (κ1) is 14.6. The molecule has 0 aliphatic rings. The van der Waals surface area contributed by atoms with Gasteiger partial charge in [-0.2, -0.15) is 16.9 Å². The van der Waals surface area contributed by atoms with Crippen molar-refractivity contribution >= 4 is 11.8 Å². The van der Waals surface area contributed by atoms with Crippen LogP contribution in [-0.2, 0) is 6.54 Å². The fourth-order valence-corrected chi connectivity index (χ4v) is 2.52. The topological polar surface area (TPSA) is 29.9 Å². The zero-order chi connectivity index (χ0) is 12.5. The third-order valence-electron chi connectivity index (χ3n) is 2.79.